The second-order valence-corrected chi connectivity index (χ2v) is 6.61. The molecule has 3 rings (SSSR count). The van der Waals surface area contributed by atoms with E-state index in [0.29, 0.717) is 18.5 Å². The van der Waals surface area contributed by atoms with Gasteiger partial charge in [-0.15, -0.1) is 0 Å². The Bertz CT molecular complexity index is 597. The lowest BCUT2D eigenvalue weighted by atomic mass is 9.96. The molecule has 0 aliphatic carbocycles. The van der Waals surface area contributed by atoms with Crippen LogP contribution in [0.25, 0.3) is 0 Å². The first-order valence-corrected chi connectivity index (χ1v) is 9.23. The zero-order valence-corrected chi connectivity index (χ0v) is 14.7. The predicted molar refractivity (Wildman–Crippen MR) is 98.1 cm³/mol. The number of piperidine rings is 1. The highest BCUT2D eigenvalue weighted by Gasteiger charge is 2.23. The van der Waals surface area contributed by atoms with Gasteiger partial charge in [0.2, 0.25) is 5.88 Å². The van der Waals surface area contributed by atoms with E-state index in [-0.39, 0.29) is 0 Å². The molecule has 2 heterocycles. The van der Waals surface area contributed by atoms with Gasteiger partial charge in [0.1, 0.15) is 6.61 Å². The maximum atomic E-state index is 5.80. The standard InChI is InChI=1S/C21H28N2O/c1-2-3-14-23-15-8-7-11-20(23)19-12-13-21(22-16-19)24-17-18-9-5-4-6-10-18/h4-6,9-10,12-13,16,20H,2-3,7-8,11,14-15,17H2,1H3/t20-/m0/s1. The van der Waals surface area contributed by atoms with Crippen LogP contribution >= 0.6 is 0 Å². The summed E-state index contributed by atoms with van der Waals surface area (Å²) in [7, 11) is 0. The summed E-state index contributed by atoms with van der Waals surface area (Å²) < 4.78 is 5.80. The van der Waals surface area contributed by atoms with Gasteiger partial charge in [-0.1, -0.05) is 56.2 Å². The normalized spacial score (nSPS) is 18.5. The Hall–Kier alpha value is -1.87. The maximum absolute atomic E-state index is 5.80. The molecular formula is C21H28N2O. The van der Waals surface area contributed by atoms with Crippen LogP contribution in [0.5, 0.6) is 5.88 Å². The molecule has 3 heteroatoms. The summed E-state index contributed by atoms with van der Waals surface area (Å²) in [5.41, 5.74) is 2.50. The Morgan fingerprint density at radius 3 is 2.75 bits per heavy atom. The van der Waals surface area contributed by atoms with E-state index >= 15 is 0 Å². The van der Waals surface area contributed by atoms with Crippen LogP contribution in [0.2, 0.25) is 0 Å². The van der Waals surface area contributed by atoms with Crippen molar-refractivity contribution < 1.29 is 4.74 Å². The van der Waals surface area contributed by atoms with Gasteiger partial charge in [-0.2, -0.15) is 0 Å². The van der Waals surface area contributed by atoms with Crippen LogP contribution in [0.15, 0.2) is 48.7 Å². The lowest BCUT2D eigenvalue weighted by Crippen LogP contribution is -2.34. The summed E-state index contributed by atoms with van der Waals surface area (Å²) in [6.45, 7) is 5.25. The Labute approximate surface area is 145 Å². The second-order valence-electron chi connectivity index (χ2n) is 6.61. The van der Waals surface area contributed by atoms with Gasteiger partial charge >= 0.3 is 0 Å². The SMILES string of the molecule is CCCCN1CCCC[C@H]1c1ccc(OCc2ccccc2)nc1. The van der Waals surface area contributed by atoms with Crippen molar-refractivity contribution in [3.63, 3.8) is 0 Å². The summed E-state index contributed by atoms with van der Waals surface area (Å²) in [5, 5.41) is 0. The van der Waals surface area contributed by atoms with E-state index in [1.165, 1.54) is 56.3 Å². The van der Waals surface area contributed by atoms with Gasteiger partial charge in [-0.3, -0.25) is 4.90 Å². The van der Waals surface area contributed by atoms with E-state index in [1.54, 1.807) is 0 Å². The predicted octanol–water partition coefficient (Wildman–Crippen LogP) is 4.99. The molecule has 24 heavy (non-hydrogen) atoms. The highest BCUT2D eigenvalue weighted by Crippen LogP contribution is 2.31. The highest BCUT2D eigenvalue weighted by atomic mass is 16.5. The molecule has 0 saturated carbocycles. The van der Waals surface area contributed by atoms with Gasteiger partial charge in [-0.05, 0) is 43.5 Å². The van der Waals surface area contributed by atoms with E-state index < -0.39 is 0 Å². The first-order valence-electron chi connectivity index (χ1n) is 9.23. The average molecular weight is 324 g/mol. The Balaban J connectivity index is 1.60. The Morgan fingerprint density at radius 2 is 2.00 bits per heavy atom. The third kappa shape index (κ3) is 4.57. The zero-order valence-electron chi connectivity index (χ0n) is 14.7. The number of rotatable bonds is 7. The van der Waals surface area contributed by atoms with Gasteiger partial charge in [-0.25, -0.2) is 4.98 Å². The van der Waals surface area contributed by atoms with Crippen molar-refractivity contribution in [2.24, 2.45) is 0 Å². The molecule has 0 spiro atoms. The molecule has 0 amide bonds. The van der Waals surface area contributed by atoms with Gasteiger partial charge < -0.3 is 4.74 Å². The van der Waals surface area contributed by atoms with Gasteiger partial charge in [0.15, 0.2) is 0 Å². The van der Waals surface area contributed by atoms with E-state index in [1.807, 2.05) is 30.5 Å². The van der Waals surface area contributed by atoms with E-state index in [9.17, 15) is 0 Å². The summed E-state index contributed by atoms with van der Waals surface area (Å²) in [4.78, 5) is 7.17. The highest BCUT2D eigenvalue weighted by molar-refractivity contribution is 5.22. The fraction of sp³-hybridized carbons (Fsp3) is 0.476. The molecule has 0 radical (unpaired) electrons. The molecule has 1 atom stereocenters. The van der Waals surface area contributed by atoms with Crippen LogP contribution in [0.3, 0.4) is 0 Å². The van der Waals surface area contributed by atoms with Crippen LogP contribution in [0.4, 0.5) is 0 Å². The molecule has 128 valence electrons. The van der Waals surface area contributed by atoms with Gasteiger partial charge in [0.05, 0.1) is 0 Å². The molecule has 1 fully saturated rings. The van der Waals surface area contributed by atoms with Crippen molar-refractivity contribution in [1.29, 1.82) is 0 Å². The number of pyridine rings is 1. The number of unbranched alkanes of at least 4 members (excludes halogenated alkanes) is 1. The molecule has 0 unspecified atom stereocenters. The van der Waals surface area contributed by atoms with Crippen LogP contribution in [-0.2, 0) is 6.61 Å². The molecule has 1 aliphatic heterocycles. The largest absolute Gasteiger partial charge is 0.473 e. The lowest BCUT2D eigenvalue weighted by Gasteiger charge is -2.35. The molecule has 1 aromatic heterocycles. The van der Waals surface area contributed by atoms with Crippen LogP contribution < -0.4 is 4.74 Å². The summed E-state index contributed by atoms with van der Waals surface area (Å²) in [6.07, 6.45) is 8.44. The van der Waals surface area contributed by atoms with Gasteiger partial charge in [0, 0.05) is 18.3 Å². The minimum atomic E-state index is 0.529. The minimum absolute atomic E-state index is 0.529. The number of likely N-dealkylation sites (tertiary alicyclic amines) is 1. The van der Waals surface area contributed by atoms with Crippen molar-refractivity contribution >= 4 is 0 Å². The quantitative estimate of drug-likeness (QED) is 0.717. The summed E-state index contributed by atoms with van der Waals surface area (Å²) >= 11 is 0. The number of hydrogen-bond donors (Lipinski definition) is 0. The third-order valence-electron chi connectivity index (χ3n) is 4.79. The monoisotopic (exact) mass is 324 g/mol. The van der Waals surface area contributed by atoms with Crippen molar-refractivity contribution in [1.82, 2.24) is 9.88 Å². The molecule has 0 bridgehead atoms. The molecule has 0 N–H and O–H groups in total. The third-order valence-corrected chi connectivity index (χ3v) is 4.79. The molecule has 1 aliphatic rings. The topological polar surface area (TPSA) is 25.4 Å². The second kappa shape index (κ2) is 8.84. The number of ether oxygens (including phenoxy) is 1. The fourth-order valence-corrected chi connectivity index (χ4v) is 3.40. The molecule has 2 aromatic rings. The van der Waals surface area contributed by atoms with Crippen molar-refractivity contribution in [2.75, 3.05) is 13.1 Å². The molecule has 1 saturated heterocycles. The molecule has 3 nitrogen and oxygen atoms in total. The Morgan fingerprint density at radius 1 is 1.12 bits per heavy atom. The lowest BCUT2D eigenvalue weighted by molar-refractivity contribution is 0.146. The first kappa shape index (κ1) is 17.0. The zero-order chi connectivity index (χ0) is 16.6. The summed E-state index contributed by atoms with van der Waals surface area (Å²) in [5.74, 6) is 0.707. The molecule has 1 aromatic carbocycles. The average Bonchev–Trinajstić information content (AvgIpc) is 2.66. The first-order chi connectivity index (χ1) is 11.9. The smallest absolute Gasteiger partial charge is 0.213 e. The maximum Gasteiger partial charge on any atom is 0.213 e. The Kier molecular flexibility index (Phi) is 6.25. The van der Waals surface area contributed by atoms with Crippen molar-refractivity contribution in [2.45, 2.75) is 51.7 Å². The van der Waals surface area contributed by atoms with E-state index in [4.69, 9.17) is 4.74 Å². The minimum Gasteiger partial charge on any atom is -0.473 e. The van der Waals surface area contributed by atoms with Crippen molar-refractivity contribution in [3.05, 3.63) is 59.8 Å². The van der Waals surface area contributed by atoms with E-state index in [2.05, 4.69) is 35.0 Å². The fourth-order valence-electron chi connectivity index (χ4n) is 3.40. The number of benzene rings is 1. The molecular weight excluding hydrogens is 296 g/mol. The number of aromatic nitrogens is 1. The van der Waals surface area contributed by atoms with Crippen LogP contribution in [-0.4, -0.2) is 23.0 Å². The van der Waals surface area contributed by atoms with Crippen molar-refractivity contribution in [3.8, 4) is 5.88 Å². The van der Waals surface area contributed by atoms with Crippen LogP contribution in [0, 0.1) is 0 Å². The number of nitrogens with zero attached hydrogens (tertiary/aromatic N) is 2. The number of hydrogen-bond acceptors (Lipinski definition) is 3. The van der Waals surface area contributed by atoms with Crippen LogP contribution in [0.1, 0.15) is 56.2 Å². The van der Waals surface area contributed by atoms with E-state index in [0.717, 1.165) is 0 Å². The summed E-state index contributed by atoms with van der Waals surface area (Å²) in [6, 6.07) is 15.0. The van der Waals surface area contributed by atoms with Gasteiger partial charge in [0.25, 0.3) is 0 Å².